The van der Waals surface area contributed by atoms with Gasteiger partial charge in [-0.3, -0.25) is 0 Å². The first kappa shape index (κ1) is 17.6. The molecule has 0 radical (unpaired) electrons. The van der Waals surface area contributed by atoms with E-state index in [1.165, 1.54) is 27.8 Å². The molecule has 1 atom stereocenters. The molecule has 0 bridgehead atoms. The maximum atomic E-state index is 4.80. The number of nitrogens with zero attached hydrogens (tertiary/aromatic N) is 2. The summed E-state index contributed by atoms with van der Waals surface area (Å²) in [4.78, 5) is 0. The van der Waals surface area contributed by atoms with Gasteiger partial charge in [-0.2, -0.15) is 10.2 Å². The number of azo groups is 1. The van der Waals surface area contributed by atoms with E-state index < -0.39 is 0 Å². The van der Waals surface area contributed by atoms with Gasteiger partial charge in [0.2, 0.25) is 0 Å². The third-order valence-electron chi connectivity index (χ3n) is 5.67. The summed E-state index contributed by atoms with van der Waals surface area (Å²) >= 11 is 0. The third kappa shape index (κ3) is 3.50. The second-order valence-electron chi connectivity index (χ2n) is 7.44. The van der Waals surface area contributed by atoms with E-state index in [4.69, 9.17) is 5.11 Å². The number of hydrogen-bond donors (Lipinski definition) is 0. The smallest absolute Gasteiger partial charge is 0.0971 e. The zero-order chi connectivity index (χ0) is 19.5. The molecule has 0 saturated heterocycles. The van der Waals surface area contributed by atoms with Gasteiger partial charge in [0.15, 0.2) is 0 Å². The Hall–Kier alpha value is -3.52. The molecule has 4 aromatic rings. The lowest BCUT2D eigenvalue weighted by atomic mass is 9.88. The van der Waals surface area contributed by atoms with E-state index in [0.29, 0.717) is 5.92 Å². The van der Waals surface area contributed by atoms with Crippen LogP contribution in [0.1, 0.15) is 35.1 Å². The van der Waals surface area contributed by atoms with Crippen molar-refractivity contribution >= 4 is 5.69 Å². The third-order valence-corrected chi connectivity index (χ3v) is 5.67. The molecule has 4 aromatic carbocycles. The molecule has 5 rings (SSSR count). The van der Waals surface area contributed by atoms with E-state index in [-0.39, 0.29) is 6.04 Å². The minimum Gasteiger partial charge on any atom is -0.180 e. The highest BCUT2D eigenvalue weighted by atomic mass is 15.1. The summed E-state index contributed by atoms with van der Waals surface area (Å²) in [6.45, 7) is 0. The molecule has 1 aliphatic rings. The molecule has 29 heavy (non-hydrogen) atoms. The molecule has 140 valence electrons. The second-order valence-corrected chi connectivity index (χ2v) is 7.44. The summed E-state index contributed by atoms with van der Waals surface area (Å²) < 4.78 is 0. The average molecular weight is 374 g/mol. The van der Waals surface area contributed by atoms with E-state index >= 15 is 0 Å². The van der Waals surface area contributed by atoms with Crippen molar-refractivity contribution in [3.8, 4) is 11.1 Å². The highest BCUT2D eigenvalue weighted by Gasteiger charge is 2.30. The molecule has 0 aromatic heterocycles. The predicted molar refractivity (Wildman–Crippen MR) is 118 cm³/mol. The van der Waals surface area contributed by atoms with Crippen LogP contribution in [0.2, 0.25) is 0 Å². The molecule has 0 aliphatic heterocycles. The monoisotopic (exact) mass is 374 g/mol. The topological polar surface area (TPSA) is 24.7 Å². The lowest BCUT2D eigenvalue weighted by Crippen LogP contribution is -2.04. The van der Waals surface area contributed by atoms with Crippen LogP contribution in [0, 0.1) is 0 Å². The van der Waals surface area contributed by atoms with Crippen LogP contribution in [-0.4, -0.2) is 0 Å². The Bertz CT molecular complexity index is 1090. The fraction of sp³-hybridized carbons (Fsp3) is 0.111. The van der Waals surface area contributed by atoms with E-state index in [2.05, 4.69) is 84.0 Å². The molecule has 1 aliphatic carbocycles. The van der Waals surface area contributed by atoms with Gasteiger partial charge in [0.1, 0.15) is 0 Å². The molecule has 1 unspecified atom stereocenters. The number of fused-ring (bicyclic) bond motifs is 3. The highest BCUT2D eigenvalue weighted by Crippen LogP contribution is 2.48. The highest BCUT2D eigenvalue weighted by molar-refractivity contribution is 5.78. The van der Waals surface area contributed by atoms with Gasteiger partial charge in [-0.15, -0.1) is 0 Å². The summed E-state index contributed by atoms with van der Waals surface area (Å²) in [7, 11) is 0. The van der Waals surface area contributed by atoms with Gasteiger partial charge in [0, 0.05) is 5.92 Å². The summed E-state index contributed by atoms with van der Waals surface area (Å²) in [5, 5.41) is 9.36. The van der Waals surface area contributed by atoms with Crippen molar-refractivity contribution in [2.24, 2.45) is 10.2 Å². The van der Waals surface area contributed by atoms with Crippen molar-refractivity contribution in [1.82, 2.24) is 0 Å². The number of hydrogen-bond acceptors (Lipinski definition) is 2. The minimum absolute atomic E-state index is 0.000573. The zero-order valence-corrected chi connectivity index (χ0v) is 16.1. The van der Waals surface area contributed by atoms with Gasteiger partial charge in [-0.1, -0.05) is 97.1 Å². The van der Waals surface area contributed by atoms with Crippen LogP contribution in [-0.2, 0) is 0 Å². The van der Waals surface area contributed by atoms with Crippen LogP contribution in [0.4, 0.5) is 5.69 Å². The first-order valence-electron chi connectivity index (χ1n) is 10.1. The Morgan fingerprint density at radius 2 is 1.10 bits per heavy atom. The summed E-state index contributed by atoms with van der Waals surface area (Å²) in [5.74, 6) is 0.322. The van der Waals surface area contributed by atoms with Crippen molar-refractivity contribution in [3.63, 3.8) is 0 Å². The van der Waals surface area contributed by atoms with Gasteiger partial charge in [-0.05, 0) is 46.4 Å². The molecule has 0 amide bonds. The second kappa shape index (κ2) is 7.84. The van der Waals surface area contributed by atoms with Crippen LogP contribution >= 0.6 is 0 Å². The van der Waals surface area contributed by atoms with Gasteiger partial charge in [0.25, 0.3) is 0 Å². The van der Waals surface area contributed by atoms with E-state index in [0.717, 1.165) is 12.1 Å². The summed E-state index contributed by atoms with van der Waals surface area (Å²) in [6.07, 6.45) is 0.897. The van der Waals surface area contributed by atoms with Crippen LogP contribution < -0.4 is 0 Å². The molecule has 0 heterocycles. The van der Waals surface area contributed by atoms with Crippen LogP contribution in [0.15, 0.2) is 119 Å². The number of benzene rings is 4. The molecular formula is C27H22N2. The van der Waals surface area contributed by atoms with Crippen LogP contribution in [0.25, 0.3) is 11.1 Å². The Morgan fingerprint density at radius 3 is 1.72 bits per heavy atom. The number of rotatable bonds is 5. The van der Waals surface area contributed by atoms with Crippen molar-refractivity contribution < 1.29 is 0 Å². The van der Waals surface area contributed by atoms with Gasteiger partial charge < -0.3 is 0 Å². The van der Waals surface area contributed by atoms with Crippen molar-refractivity contribution in [3.05, 3.63) is 126 Å². The maximum absolute atomic E-state index is 4.80. The predicted octanol–water partition coefficient (Wildman–Crippen LogP) is 7.71. The fourth-order valence-electron chi connectivity index (χ4n) is 4.29. The fourth-order valence-corrected chi connectivity index (χ4v) is 4.29. The Labute approximate surface area is 171 Å². The lowest BCUT2D eigenvalue weighted by Gasteiger charge is -2.19. The zero-order valence-electron chi connectivity index (χ0n) is 16.1. The van der Waals surface area contributed by atoms with Gasteiger partial charge in [0.05, 0.1) is 11.7 Å². The summed E-state index contributed by atoms with van der Waals surface area (Å²) in [6, 6.07) is 38.0. The van der Waals surface area contributed by atoms with Crippen LogP contribution in [0.5, 0.6) is 0 Å². The normalized spacial score (nSPS) is 13.9. The molecule has 0 saturated carbocycles. The molecular weight excluding hydrogens is 352 g/mol. The Morgan fingerprint density at radius 1 is 0.586 bits per heavy atom. The Kier molecular flexibility index (Phi) is 4.75. The van der Waals surface area contributed by atoms with Crippen molar-refractivity contribution in [1.29, 1.82) is 0 Å². The average Bonchev–Trinajstić information content (AvgIpc) is 3.12. The molecule has 0 fully saturated rings. The standard InChI is InChI=1S/C27H22N2/c1-3-11-20(12-4-1)27(29-28-21-13-5-2-6-14-21)19-26-24-17-9-7-15-22(24)23-16-8-10-18-25(23)26/h1-18,26-27H,19H2. The minimum atomic E-state index is 0.000573. The van der Waals surface area contributed by atoms with E-state index in [9.17, 15) is 0 Å². The molecule has 0 spiro atoms. The Balaban J connectivity index is 1.53. The summed E-state index contributed by atoms with van der Waals surface area (Å²) in [5.41, 5.74) is 7.57. The first-order valence-corrected chi connectivity index (χ1v) is 10.1. The van der Waals surface area contributed by atoms with Crippen molar-refractivity contribution in [2.75, 3.05) is 0 Å². The molecule has 0 N–H and O–H groups in total. The van der Waals surface area contributed by atoms with Gasteiger partial charge in [-0.25, -0.2) is 0 Å². The quantitative estimate of drug-likeness (QED) is 0.320. The molecule has 2 nitrogen and oxygen atoms in total. The van der Waals surface area contributed by atoms with Crippen molar-refractivity contribution in [2.45, 2.75) is 18.4 Å². The van der Waals surface area contributed by atoms with E-state index in [1.54, 1.807) is 0 Å². The van der Waals surface area contributed by atoms with Gasteiger partial charge >= 0.3 is 0 Å². The SMILES string of the molecule is c1ccc(N=NC(CC2c3ccccc3-c3ccccc32)c2ccccc2)cc1. The first-order chi connectivity index (χ1) is 14.4. The van der Waals surface area contributed by atoms with Crippen LogP contribution in [0.3, 0.4) is 0 Å². The lowest BCUT2D eigenvalue weighted by molar-refractivity contribution is 0.583. The molecule has 2 heteroatoms. The van der Waals surface area contributed by atoms with E-state index in [1.807, 2.05) is 30.3 Å². The maximum Gasteiger partial charge on any atom is 0.0971 e. The largest absolute Gasteiger partial charge is 0.180 e.